The van der Waals surface area contributed by atoms with E-state index in [0.29, 0.717) is 16.3 Å². The first-order valence-corrected chi connectivity index (χ1v) is 11.5. The summed E-state index contributed by atoms with van der Waals surface area (Å²) in [5.41, 5.74) is -1.12. The van der Waals surface area contributed by atoms with E-state index >= 15 is 0 Å². The Balaban J connectivity index is 2.17. The Labute approximate surface area is 185 Å². The second kappa shape index (κ2) is 8.18. The molecule has 0 aliphatic rings. The number of nitrogens with one attached hydrogen (secondary N) is 1. The molecule has 0 aliphatic carbocycles. The van der Waals surface area contributed by atoms with Gasteiger partial charge in [-0.2, -0.15) is 13.2 Å². The molecule has 0 aliphatic heterocycles. The molecular weight excluding hydrogens is 447 g/mol. The van der Waals surface area contributed by atoms with Crippen molar-refractivity contribution in [1.82, 2.24) is 4.72 Å². The van der Waals surface area contributed by atoms with Crippen LogP contribution in [0.25, 0.3) is 20.2 Å². The molecule has 2 atom stereocenters. The van der Waals surface area contributed by atoms with Crippen LogP contribution in [-0.4, -0.2) is 22.0 Å². The first-order valence-electron chi connectivity index (χ1n) is 9.55. The van der Waals surface area contributed by atoms with E-state index in [2.05, 4.69) is 4.72 Å². The van der Waals surface area contributed by atoms with E-state index in [0.717, 1.165) is 21.5 Å². The lowest BCUT2D eigenvalue weighted by Crippen LogP contribution is -2.47. The summed E-state index contributed by atoms with van der Waals surface area (Å²) in [5.74, 6) is -0.490. The van der Waals surface area contributed by atoms with Crippen LogP contribution in [0.4, 0.5) is 13.2 Å². The van der Waals surface area contributed by atoms with Gasteiger partial charge in [-0.25, -0.2) is 8.93 Å². The SMILES string of the molecule is COC(=O)C[C@](C)(NS(=O)C(C)(C)C)c1ccc2sc3ccc(C(F)(F)F)cc3c2c1. The maximum Gasteiger partial charge on any atom is 0.416 e. The van der Waals surface area contributed by atoms with Crippen molar-refractivity contribution in [3.63, 3.8) is 0 Å². The van der Waals surface area contributed by atoms with E-state index in [1.165, 1.54) is 24.5 Å². The number of alkyl halides is 3. The Morgan fingerprint density at radius 2 is 1.52 bits per heavy atom. The molecule has 0 radical (unpaired) electrons. The van der Waals surface area contributed by atoms with Crippen molar-refractivity contribution in [3.8, 4) is 0 Å². The first-order chi connectivity index (χ1) is 14.2. The van der Waals surface area contributed by atoms with Gasteiger partial charge < -0.3 is 4.74 Å². The van der Waals surface area contributed by atoms with E-state index in [1.807, 2.05) is 26.8 Å². The topological polar surface area (TPSA) is 55.4 Å². The van der Waals surface area contributed by atoms with E-state index < -0.39 is 39.0 Å². The number of halogens is 3. The number of thiophene rings is 1. The molecule has 1 aromatic heterocycles. The quantitative estimate of drug-likeness (QED) is 0.471. The summed E-state index contributed by atoms with van der Waals surface area (Å²) in [4.78, 5) is 12.1. The minimum Gasteiger partial charge on any atom is -0.469 e. The van der Waals surface area contributed by atoms with Gasteiger partial charge in [0.15, 0.2) is 0 Å². The van der Waals surface area contributed by atoms with Gasteiger partial charge in [0.25, 0.3) is 0 Å². The smallest absolute Gasteiger partial charge is 0.416 e. The van der Waals surface area contributed by atoms with Crippen molar-refractivity contribution in [1.29, 1.82) is 0 Å². The van der Waals surface area contributed by atoms with E-state index in [-0.39, 0.29) is 6.42 Å². The van der Waals surface area contributed by atoms with Crippen molar-refractivity contribution in [2.45, 2.75) is 50.6 Å². The zero-order chi connectivity index (χ0) is 23.2. The van der Waals surface area contributed by atoms with Crippen LogP contribution in [0.15, 0.2) is 36.4 Å². The molecular formula is C22H24F3NO3S2. The van der Waals surface area contributed by atoms with Crippen molar-refractivity contribution in [3.05, 3.63) is 47.5 Å². The highest BCUT2D eigenvalue weighted by Gasteiger charge is 2.36. The number of rotatable bonds is 5. The van der Waals surface area contributed by atoms with Gasteiger partial charge in [-0.15, -0.1) is 11.3 Å². The van der Waals surface area contributed by atoms with Gasteiger partial charge in [0, 0.05) is 20.2 Å². The lowest BCUT2D eigenvalue weighted by molar-refractivity contribution is -0.142. The number of ether oxygens (including phenoxy) is 1. The average molecular weight is 472 g/mol. The molecule has 0 spiro atoms. The summed E-state index contributed by atoms with van der Waals surface area (Å²) < 4.78 is 61.4. The highest BCUT2D eigenvalue weighted by Crippen LogP contribution is 2.40. The van der Waals surface area contributed by atoms with Crippen LogP contribution in [0.5, 0.6) is 0 Å². The Kier molecular flexibility index (Phi) is 6.25. The molecule has 9 heteroatoms. The van der Waals surface area contributed by atoms with Crippen LogP contribution >= 0.6 is 11.3 Å². The van der Waals surface area contributed by atoms with Gasteiger partial charge in [0.2, 0.25) is 0 Å². The number of carbonyl (C=O) groups is 1. The third-order valence-corrected chi connectivity index (χ3v) is 7.93. The summed E-state index contributed by atoms with van der Waals surface area (Å²) in [5, 5.41) is 1.15. The summed E-state index contributed by atoms with van der Waals surface area (Å²) in [6, 6.07) is 9.09. The molecule has 31 heavy (non-hydrogen) atoms. The number of esters is 1. The Bertz CT molecular complexity index is 1160. The van der Waals surface area contributed by atoms with Crippen molar-refractivity contribution < 1.29 is 26.9 Å². The van der Waals surface area contributed by atoms with Crippen LogP contribution in [0, 0.1) is 0 Å². The molecule has 3 aromatic rings. The lowest BCUT2D eigenvalue weighted by Gasteiger charge is -2.33. The average Bonchev–Trinajstić information content (AvgIpc) is 3.03. The van der Waals surface area contributed by atoms with Crippen molar-refractivity contribution in [2.24, 2.45) is 0 Å². The van der Waals surface area contributed by atoms with Crippen LogP contribution in [0.2, 0.25) is 0 Å². The van der Waals surface area contributed by atoms with Crippen LogP contribution in [-0.2, 0) is 32.2 Å². The summed E-state index contributed by atoms with van der Waals surface area (Å²) in [6.07, 6.45) is -4.53. The van der Waals surface area contributed by atoms with Gasteiger partial charge in [-0.1, -0.05) is 6.07 Å². The second-order valence-electron chi connectivity index (χ2n) is 8.59. The monoisotopic (exact) mass is 471 g/mol. The molecule has 168 valence electrons. The van der Waals surface area contributed by atoms with Crippen molar-refractivity contribution in [2.75, 3.05) is 7.11 Å². The summed E-state index contributed by atoms with van der Waals surface area (Å²) >= 11 is 1.40. The molecule has 2 aromatic carbocycles. The van der Waals surface area contributed by atoms with Crippen LogP contribution < -0.4 is 4.72 Å². The van der Waals surface area contributed by atoms with E-state index in [9.17, 15) is 22.2 Å². The molecule has 1 N–H and O–H groups in total. The third kappa shape index (κ3) is 4.94. The molecule has 4 nitrogen and oxygen atoms in total. The molecule has 1 unspecified atom stereocenters. The van der Waals surface area contributed by atoms with E-state index in [1.54, 1.807) is 19.1 Å². The van der Waals surface area contributed by atoms with Gasteiger partial charge in [-0.05, 0) is 63.6 Å². The molecule has 0 amide bonds. The molecule has 0 bridgehead atoms. The highest BCUT2D eigenvalue weighted by molar-refractivity contribution is 7.84. The van der Waals surface area contributed by atoms with E-state index in [4.69, 9.17) is 4.74 Å². The first kappa shape index (κ1) is 23.7. The van der Waals surface area contributed by atoms with Crippen LogP contribution in [0.3, 0.4) is 0 Å². The number of hydrogen-bond donors (Lipinski definition) is 1. The maximum atomic E-state index is 13.2. The summed E-state index contributed by atoms with van der Waals surface area (Å²) in [7, 11) is -0.221. The largest absolute Gasteiger partial charge is 0.469 e. The van der Waals surface area contributed by atoms with Gasteiger partial charge >= 0.3 is 12.1 Å². The molecule has 0 saturated heterocycles. The third-order valence-electron chi connectivity index (χ3n) is 5.03. The molecule has 3 rings (SSSR count). The normalized spacial score (nSPS) is 15.7. The predicted molar refractivity (Wildman–Crippen MR) is 119 cm³/mol. The predicted octanol–water partition coefficient (Wildman–Crippen LogP) is 5.90. The molecule has 0 saturated carbocycles. The number of methoxy groups -OCH3 is 1. The second-order valence-corrected chi connectivity index (χ2v) is 11.6. The Morgan fingerprint density at radius 1 is 1.00 bits per heavy atom. The number of benzene rings is 2. The maximum absolute atomic E-state index is 13.2. The fraction of sp³-hybridized carbons (Fsp3) is 0.409. The minimum absolute atomic E-state index is 0.0906. The zero-order valence-corrected chi connectivity index (χ0v) is 19.5. The van der Waals surface area contributed by atoms with Gasteiger partial charge in [0.1, 0.15) is 0 Å². The van der Waals surface area contributed by atoms with Crippen LogP contribution in [0.1, 0.15) is 45.2 Å². The minimum atomic E-state index is -4.44. The Hall–Kier alpha value is -1.97. The fourth-order valence-electron chi connectivity index (χ4n) is 3.21. The molecule has 1 heterocycles. The summed E-state index contributed by atoms with van der Waals surface area (Å²) in [6.45, 7) is 7.17. The zero-order valence-electron chi connectivity index (χ0n) is 17.8. The highest BCUT2D eigenvalue weighted by atomic mass is 32.2. The van der Waals surface area contributed by atoms with Crippen molar-refractivity contribution >= 4 is 48.5 Å². The molecule has 0 fully saturated rings. The fourth-order valence-corrected chi connectivity index (χ4v) is 5.18. The number of hydrogen-bond acceptors (Lipinski definition) is 4. The lowest BCUT2D eigenvalue weighted by atomic mass is 9.89. The Morgan fingerprint density at radius 3 is 2.00 bits per heavy atom. The van der Waals surface area contributed by atoms with Gasteiger partial charge in [0.05, 0.1) is 40.4 Å². The number of fused-ring (bicyclic) bond motifs is 3. The van der Waals surface area contributed by atoms with Gasteiger partial charge in [-0.3, -0.25) is 4.79 Å². The number of carbonyl (C=O) groups excluding carboxylic acids is 1. The standard InChI is InChI=1S/C22H24F3NO3S2/c1-20(2,3)31(28)26-21(4,12-19(27)29-5)13-6-8-17-15(10-13)16-11-14(22(23,24)25)7-9-18(16)30-17/h6-11,26H,12H2,1-5H3/t21-,31?/m0/s1.